The van der Waals surface area contributed by atoms with Gasteiger partial charge in [-0.1, -0.05) is 30.3 Å². The van der Waals surface area contributed by atoms with Crippen LogP contribution in [0.1, 0.15) is 39.5 Å². The number of nitrogens with one attached hydrogen (secondary N) is 1. The quantitative estimate of drug-likeness (QED) is 0.353. The lowest BCUT2D eigenvalue weighted by atomic mass is 10.00. The Morgan fingerprint density at radius 1 is 1.03 bits per heavy atom. The molecule has 7 heteroatoms. The van der Waals surface area contributed by atoms with Gasteiger partial charge in [-0.15, -0.1) is 0 Å². The van der Waals surface area contributed by atoms with Crippen LogP contribution in [0.25, 0.3) is 0 Å². The first-order valence-corrected chi connectivity index (χ1v) is 12.6. The van der Waals surface area contributed by atoms with E-state index in [1.54, 1.807) is 17.3 Å². The fourth-order valence-electron chi connectivity index (χ4n) is 4.69. The molecule has 0 saturated carbocycles. The summed E-state index contributed by atoms with van der Waals surface area (Å²) >= 11 is 0. The largest absolute Gasteiger partial charge is 0.366 e. The molecule has 0 unspecified atom stereocenters. The normalized spacial score (nSPS) is 12.7. The summed E-state index contributed by atoms with van der Waals surface area (Å²) in [6.45, 7) is 6.61. The van der Waals surface area contributed by atoms with Gasteiger partial charge in [0.1, 0.15) is 23.8 Å². The van der Waals surface area contributed by atoms with Gasteiger partial charge < -0.3 is 15.1 Å². The molecule has 0 fully saturated rings. The first-order valence-electron chi connectivity index (χ1n) is 12.6. The number of halogens is 1. The topological polar surface area (TPSA) is 61.4 Å². The van der Waals surface area contributed by atoms with Crippen LogP contribution in [-0.2, 0) is 19.5 Å². The second-order valence-corrected chi connectivity index (χ2v) is 9.28. The van der Waals surface area contributed by atoms with Crippen LogP contribution in [0.2, 0.25) is 0 Å². The van der Waals surface area contributed by atoms with Crippen molar-refractivity contribution in [2.45, 2.75) is 33.4 Å². The minimum absolute atomic E-state index is 0.0176. The van der Waals surface area contributed by atoms with Crippen molar-refractivity contribution in [1.82, 2.24) is 9.97 Å². The molecule has 2 heterocycles. The van der Waals surface area contributed by atoms with Gasteiger partial charge in [-0.05, 0) is 78.9 Å². The van der Waals surface area contributed by atoms with Gasteiger partial charge in [0.2, 0.25) is 0 Å². The molecule has 0 bridgehead atoms. The van der Waals surface area contributed by atoms with Gasteiger partial charge in [0, 0.05) is 43.5 Å². The highest BCUT2D eigenvalue weighted by atomic mass is 19.1. The van der Waals surface area contributed by atoms with Crippen LogP contribution in [0.4, 0.5) is 21.7 Å². The summed E-state index contributed by atoms with van der Waals surface area (Å²) in [5.74, 6) is 1.29. The number of aryl methyl sites for hydroxylation is 1. The zero-order chi connectivity index (χ0) is 25.8. The van der Waals surface area contributed by atoms with Crippen molar-refractivity contribution in [3.63, 3.8) is 0 Å². The monoisotopic (exact) mass is 495 g/mol. The summed E-state index contributed by atoms with van der Waals surface area (Å²) in [5.41, 5.74) is 5.90. The van der Waals surface area contributed by atoms with E-state index in [1.165, 1.54) is 11.6 Å². The number of carbonyl (C=O) groups excluding carboxylic acids is 1. The molecule has 6 nitrogen and oxygen atoms in total. The number of nitrogens with zero attached hydrogens (tertiary/aromatic N) is 4. The molecule has 1 amide bonds. The maximum Gasteiger partial charge on any atom is 0.258 e. The average Bonchev–Trinajstić information content (AvgIpc) is 2.92. The number of aromatic nitrogens is 2. The molecule has 1 aliphatic rings. The Kier molecular flexibility index (Phi) is 7.12. The van der Waals surface area contributed by atoms with Gasteiger partial charge in [0.05, 0.1) is 0 Å². The summed E-state index contributed by atoms with van der Waals surface area (Å²) < 4.78 is 13.7. The van der Waals surface area contributed by atoms with E-state index in [0.717, 1.165) is 41.2 Å². The second-order valence-electron chi connectivity index (χ2n) is 9.28. The zero-order valence-corrected chi connectivity index (χ0v) is 21.1. The summed E-state index contributed by atoms with van der Waals surface area (Å²) in [4.78, 5) is 25.9. The molecule has 5 rings (SSSR count). The van der Waals surface area contributed by atoms with E-state index in [9.17, 15) is 9.18 Å². The van der Waals surface area contributed by atoms with E-state index >= 15 is 0 Å². The molecule has 4 aromatic rings. The van der Waals surface area contributed by atoms with Crippen LogP contribution in [0.5, 0.6) is 0 Å². The maximum absolute atomic E-state index is 13.7. The van der Waals surface area contributed by atoms with E-state index in [4.69, 9.17) is 0 Å². The average molecular weight is 496 g/mol. The van der Waals surface area contributed by atoms with Gasteiger partial charge in [-0.25, -0.2) is 14.4 Å². The van der Waals surface area contributed by atoms with Gasteiger partial charge in [0.15, 0.2) is 0 Å². The number of benzene rings is 3. The summed E-state index contributed by atoms with van der Waals surface area (Å²) in [6.07, 6.45) is 2.40. The Balaban J connectivity index is 1.22. The lowest BCUT2D eigenvalue weighted by Gasteiger charge is -2.29. The minimum atomic E-state index is -0.212. The molecular formula is C30H30FN5O. The van der Waals surface area contributed by atoms with Crippen LogP contribution in [0, 0.1) is 12.7 Å². The van der Waals surface area contributed by atoms with Gasteiger partial charge >= 0.3 is 0 Å². The maximum atomic E-state index is 13.7. The smallest absolute Gasteiger partial charge is 0.258 e. The van der Waals surface area contributed by atoms with E-state index in [1.807, 2.05) is 74.5 Å². The second kappa shape index (κ2) is 10.8. The summed E-state index contributed by atoms with van der Waals surface area (Å²) in [6, 6.07) is 22.6. The van der Waals surface area contributed by atoms with Crippen molar-refractivity contribution in [3.05, 3.63) is 113 Å². The molecule has 1 N–H and O–H groups in total. The fraction of sp³-hybridized carbons (Fsp3) is 0.233. The lowest BCUT2D eigenvalue weighted by Crippen LogP contribution is -2.31. The highest BCUT2D eigenvalue weighted by molar-refractivity contribution is 6.06. The lowest BCUT2D eigenvalue weighted by molar-refractivity contribution is 0.0988. The number of carbonyl (C=O) groups is 1. The number of hydrogen-bond acceptors (Lipinski definition) is 5. The van der Waals surface area contributed by atoms with Crippen molar-refractivity contribution in [1.29, 1.82) is 0 Å². The number of fused-ring (bicyclic) bond motifs is 1. The molecule has 0 atom stereocenters. The van der Waals surface area contributed by atoms with Gasteiger partial charge in [0.25, 0.3) is 5.91 Å². The van der Waals surface area contributed by atoms with E-state index in [-0.39, 0.29) is 11.7 Å². The number of anilines is 3. The summed E-state index contributed by atoms with van der Waals surface area (Å²) in [5, 5.41) is 3.35. The van der Waals surface area contributed by atoms with E-state index in [0.29, 0.717) is 31.0 Å². The minimum Gasteiger partial charge on any atom is -0.366 e. The number of hydrogen-bond donors (Lipinski definition) is 1. The molecule has 3 aromatic carbocycles. The molecular weight excluding hydrogens is 465 g/mol. The highest BCUT2D eigenvalue weighted by Crippen LogP contribution is 2.25. The van der Waals surface area contributed by atoms with Gasteiger partial charge in [-0.2, -0.15) is 0 Å². The third kappa shape index (κ3) is 5.61. The van der Waals surface area contributed by atoms with Crippen molar-refractivity contribution >= 4 is 23.2 Å². The van der Waals surface area contributed by atoms with Crippen LogP contribution >= 0.6 is 0 Å². The third-order valence-corrected chi connectivity index (χ3v) is 6.71. The Bertz CT molecular complexity index is 1410. The predicted molar refractivity (Wildman–Crippen MR) is 145 cm³/mol. The first kappa shape index (κ1) is 24.4. The molecule has 0 saturated heterocycles. The highest BCUT2D eigenvalue weighted by Gasteiger charge is 2.19. The zero-order valence-electron chi connectivity index (χ0n) is 21.1. The Labute approximate surface area is 216 Å². The fourth-order valence-corrected chi connectivity index (χ4v) is 4.69. The standard InChI is InChI=1S/C30H30FN5O/c1-3-36(27-6-4-5-21(2)15-27)30(37)24-9-7-22(8-10-24)18-32-28-17-29(34-20-33-28)35-14-13-23-11-12-26(31)16-25(23)19-35/h4-12,15-17,20H,3,13-14,18-19H2,1-2H3,(H,32,33,34). The van der Waals surface area contributed by atoms with Crippen LogP contribution < -0.4 is 15.1 Å². The molecule has 1 aliphatic heterocycles. The van der Waals surface area contributed by atoms with Gasteiger partial charge in [-0.3, -0.25) is 4.79 Å². The van der Waals surface area contributed by atoms with Crippen molar-refractivity contribution < 1.29 is 9.18 Å². The first-order chi connectivity index (χ1) is 18.0. The molecule has 37 heavy (non-hydrogen) atoms. The molecule has 1 aromatic heterocycles. The van der Waals surface area contributed by atoms with Crippen LogP contribution in [0.15, 0.2) is 79.1 Å². The molecule has 0 radical (unpaired) electrons. The van der Waals surface area contributed by atoms with Crippen LogP contribution in [0.3, 0.4) is 0 Å². The number of amides is 1. The molecule has 0 aliphatic carbocycles. The van der Waals surface area contributed by atoms with Crippen molar-refractivity contribution in [3.8, 4) is 0 Å². The predicted octanol–water partition coefficient (Wildman–Crippen LogP) is 5.77. The Morgan fingerprint density at radius 2 is 1.86 bits per heavy atom. The Morgan fingerprint density at radius 3 is 2.65 bits per heavy atom. The van der Waals surface area contributed by atoms with Crippen molar-refractivity contribution in [2.75, 3.05) is 28.2 Å². The Hall–Kier alpha value is -4.26. The van der Waals surface area contributed by atoms with Crippen LogP contribution in [-0.4, -0.2) is 29.0 Å². The summed E-state index contributed by atoms with van der Waals surface area (Å²) in [7, 11) is 0. The van der Waals surface area contributed by atoms with E-state index < -0.39 is 0 Å². The third-order valence-electron chi connectivity index (χ3n) is 6.71. The number of rotatable bonds is 7. The molecule has 188 valence electrons. The molecule has 0 spiro atoms. The van der Waals surface area contributed by atoms with Crippen molar-refractivity contribution in [2.24, 2.45) is 0 Å². The van der Waals surface area contributed by atoms with E-state index in [2.05, 4.69) is 20.2 Å². The SMILES string of the molecule is CCN(C(=O)c1ccc(CNc2cc(N3CCc4ccc(F)cc4C3)ncn2)cc1)c1cccc(C)c1.